The van der Waals surface area contributed by atoms with Gasteiger partial charge in [-0.25, -0.2) is 4.79 Å². The number of nitrogens with zero attached hydrogens (tertiary/aromatic N) is 1. The SMILES string of the molecule is CC(C)(C)N([C@@H](CCC(=O)O)C(=O)NC(=O)NCc1ccc(O[Si](c2ccccc2)(c2ccccc2)C(C)(C)C)cc1)C(C)(C)C. The van der Waals surface area contributed by atoms with Crippen molar-refractivity contribution >= 4 is 36.6 Å². The summed E-state index contributed by atoms with van der Waals surface area (Å²) < 4.78 is 7.06. The van der Waals surface area contributed by atoms with Crippen LogP contribution in [0.1, 0.15) is 80.7 Å². The summed E-state index contributed by atoms with van der Waals surface area (Å²) >= 11 is 0. The molecule has 0 aliphatic heterocycles. The second-order valence-corrected chi connectivity index (χ2v) is 19.0. The Hall–Kier alpha value is -3.95. The topological polar surface area (TPSA) is 108 Å². The third-order valence-electron chi connectivity index (χ3n) is 7.99. The van der Waals surface area contributed by atoms with Crippen LogP contribution in [0, 0.1) is 0 Å². The van der Waals surface area contributed by atoms with Crippen molar-refractivity contribution in [3.8, 4) is 5.75 Å². The molecular formula is C37H51N3O5Si. The molecule has 0 unspecified atom stereocenters. The van der Waals surface area contributed by atoms with Crippen LogP contribution in [0.25, 0.3) is 0 Å². The number of aliphatic carboxylic acids is 1. The van der Waals surface area contributed by atoms with Crippen molar-refractivity contribution in [1.82, 2.24) is 15.5 Å². The Morgan fingerprint density at radius 1 is 0.761 bits per heavy atom. The van der Waals surface area contributed by atoms with E-state index in [0.29, 0.717) is 0 Å². The maximum atomic E-state index is 13.4. The molecule has 9 heteroatoms. The van der Waals surface area contributed by atoms with Gasteiger partial charge in [0.2, 0.25) is 5.91 Å². The fraction of sp³-hybridized carbons (Fsp3) is 0.432. The van der Waals surface area contributed by atoms with E-state index < -0.39 is 43.3 Å². The minimum Gasteiger partial charge on any atom is -0.534 e. The molecule has 3 rings (SSSR count). The maximum Gasteiger partial charge on any atom is 0.321 e. The van der Waals surface area contributed by atoms with Crippen molar-refractivity contribution < 1.29 is 23.9 Å². The third kappa shape index (κ3) is 9.07. The van der Waals surface area contributed by atoms with Crippen LogP contribution in [0.2, 0.25) is 5.04 Å². The number of rotatable bonds is 11. The zero-order chi connectivity index (χ0) is 34.3. The first-order valence-electron chi connectivity index (χ1n) is 15.8. The van der Waals surface area contributed by atoms with Gasteiger partial charge in [-0.2, -0.15) is 0 Å². The van der Waals surface area contributed by atoms with Gasteiger partial charge < -0.3 is 14.8 Å². The Balaban J connectivity index is 1.77. The van der Waals surface area contributed by atoms with Gasteiger partial charge in [0.25, 0.3) is 0 Å². The van der Waals surface area contributed by atoms with Gasteiger partial charge in [-0.1, -0.05) is 93.6 Å². The maximum absolute atomic E-state index is 13.4. The fourth-order valence-corrected chi connectivity index (χ4v) is 10.9. The molecule has 3 N–H and O–H groups in total. The molecule has 0 heterocycles. The number of carbonyl (C=O) groups excluding carboxylic acids is 2. The lowest BCUT2D eigenvalue weighted by Gasteiger charge is -2.49. The number of hydrogen-bond acceptors (Lipinski definition) is 5. The Morgan fingerprint density at radius 2 is 1.24 bits per heavy atom. The van der Waals surface area contributed by atoms with Crippen molar-refractivity contribution in [3.05, 3.63) is 90.5 Å². The molecule has 0 fully saturated rings. The number of hydrogen-bond donors (Lipinski definition) is 3. The Bertz CT molecular complexity index is 1400. The highest BCUT2D eigenvalue weighted by Crippen LogP contribution is 2.37. The Morgan fingerprint density at radius 3 is 1.65 bits per heavy atom. The van der Waals surface area contributed by atoms with Crippen LogP contribution in [-0.4, -0.2) is 53.4 Å². The van der Waals surface area contributed by atoms with Gasteiger partial charge in [-0.05, 0) is 81.1 Å². The van der Waals surface area contributed by atoms with Gasteiger partial charge in [-0.3, -0.25) is 19.8 Å². The highest BCUT2D eigenvalue weighted by molar-refractivity contribution is 7.00. The van der Waals surface area contributed by atoms with E-state index in [2.05, 4.69) is 79.9 Å². The molecule has 0 saturated heterocycles. The van der Waals surface area contributed by atoms with Crippen LogP contribution in [0.5, 0.6) is 5.75 Å². The van der Waals surface area contributed by atoms with E-state index in [0.717, 1.165) is 11.3 Å². The smallest absolute Gasteiger partial charge is 0.321 e. The van der Waals surface area contributed by atoms with Gasteiger partial charge in [0.05, 0.1) is 6.04 Å². The van der Waals surface area contributed by atoms with Gasteiger partial charge >= 0.3 is 20.3 Å². The molecule has 8 nitrogen and oxygen atoms in total. The van der Waals surface area contributed by atoms with Crippen molar-refractivity contribution in [2.45, 2.75) is 104 Å². The summed E-state index contributed by atoms with van der Waals surface area (Å²) in [6.07, 6.45) is -0.111. The van der Waals surface area contributed by atoms with Crippen LogP contribution in [0.15, 0.2) is 84.9 Å². The molecule has 248 valence electrons. The van der Waals surface area contributed by atoms with E-state index in [-0.39, 0.29) is 24.4 Å². The summed E-state index contributed by atoms with van der Waals surface area (Å²) in [6.45, 7) is 18.7. The number of amides is 3. The van der Waals surface area contributed by atoms with Crippen LogP contribution in [-0.2, 0) is 16.1 Å². The van der Waals surface area contributed by atoms with E-state index in [1.54, 1.807) is 0 Å². The predicted molar refractivity (Wildman–Crippen MR) is 187 cm³/mol. The second-order valence-electron chi connectivity index (χ2n) is 14.7. The summed E-state index contributed by atoms with van der Waals surface area (Å²) in [5.74, 6) is -0.784. The first-order valence-corrected chi connectivity index (χ1v) is 17.8. The van der Waals surface area contributed by atoms with Crippen LogP contribution in [0.4, 0.5) is 4.79 Å². The summed E-state index contributed by atoms with van der Waals surface area (Å²) in [4.78, 5) is 39.6. The molecule has 0 aromatic heterocycles. The number of urea groups is 1. The van der Waals surface area contributed by atoms with Crippen molar-refractivity contribution in [2.75, 3.05) is 0 Å². The molecule has 0 aliphatic carbocycles. The summed E-state index contributed by atoms with van der Waals surface area (Å²) in [7, 11) is -2.78. The van der Waals surface area contributed by atoms with Crippen LogP contribution < -0.4 is 25.4 Å². The zero-order valence-electron chi connectivity index (χ0n) is 28.8. The van der Waals surface area contributed by atoms with Crippen molar-refractivity contribution in [2.24, 2.45) is 0 Å². The molecule has 0 radical (unpaired) electrons. The summed E-state index contributed by atoms with van der Waals surface area (Å²) in [5, 5.41) is 16.7. The highest BCUT2D eigenvalue weighted by Gasteiger charge is 2.52. The quantitative estimate of drug-likeness (QED) is 0.218. The number of carbonyl (C=O) groups is 3. The normalized spacial score (nSPS) is 13.2. The monoisotopic (exact) mass is 645 g/mol. The standard InChI is InChI=1S/C37H51N3O5Si/c1-35(2,3)40(36(4,5)6)31(24-25-32(41)42)33(43)39-34(44)38-26-27-20-22-28(23-21-27)45-46(37(7,8)9,29-16-12-10-13-17-29)30-18-14-11-15-19-30/h10-23,31H,24-26H2,1-9H3,(H,41,42)(H2,38,39,43,44)/t31-/m0/s1. The molecule has 3 amide bonds. The lowest BCUT2D eigenvalue weighted by Crippen LogP contribution is -2.68. The highest BCUT2D eigenvalue weighted by atomic mass is 28.4. The second kappa shape index (κ2) is 14.6. The molecule has 0 aliphatic rings. The van der Waals surface area contributed by atoms with E-state index in [1.807, 2.05) is 82.8 Å². The van der Waals surface area contributed by atoms with E-state index in [9.17, 15) is 19.5 Å². The molecule has 3 aromatic carbocycles. The van der Waals surface area contributed by atoms with E-state index in [4.69, 9.17) is 4.43 Å². The predicted octanol–water partition coefficient (Wildman–Crippen LogP) is 6.08. The largest absolute Gasteiger partial charge is 0.534 e. The number of carboxylic acids is 1. The van der Waals surface area contributed by atoms with Gasteiger partial charge in [0.1, 0.15) is 5.75 Å². The lowest BCUT2D eigenvalue weighted by molar-refractivity contribution is -0.139. The molecule has 0 spiro atoms. The molecule has 1 atom stereocenters. The lowest BCUT2D eigenvalue weighted by atomic mass is 9.91. The molecular weight excluding hydrogens is 595 g/mol. The van der Waals surface area contributed by atoms with Gasteiger partial charge in [-0.15, -0.1) is 0 Å². The fourth-order valence-electron chi connectivity index (χ4n) is 6.50. The van der Waals surface area contributed by atoms with Crippen LogP contribution in [0.3, 0.4) is 0 Å². The van der Waals surface area contributed by atoms with E-state index >= 15 is 0 Å². The number of benzene rings is 3. The molecule has 0 bridgehead atoms. The number of nitrogens with one attached hydrogen (secondary N) is 2. The summed E-state index contributed by atoms with van der Waals surface area (Å²) in [6, 6.07) is 27.1. The van der Waals surface area contributed by atoms with Crippen molar-refractivity contribution in [1.29, 1.82) is 0 Å². The first kappa shape index (κ1) is 36.5. The molecule has 0 saturated carbocycles. The average molecular weight is 646 g/mol. The number of imide groups is 1. The average Bonchev–Trinajstić information content (AvgIpc) is 2.96. The minimum atomic E-state index is -2.78. The minimum absolute atomic E-state index is 0.0791. The molecule has 46 heavy (non-hydrogen) atoms. The molecule has 3 aromatic rings. The summed E-state index contributed by atoms with van der Waals surface area (Å²) in [5.41, 5.74) is -0.0630. The van der Waals surface area contributed by atoms with Crippen molar-refractivity contribution in [3.63, 3.8) is 0 Å². The zero-order valence-corrected chi connectivity index (χ0v) is 29.8. The van der Waals surface area contributed by atoms with E-state index in [1.165, 1.54) is 10.4 Å². The van der Waals surface area contributed by atoms with Gasteiger partial charge in [0, 0.05) is 24.0 Å². The third-order valence-corrected chi connectivity index (χ3v) is 12.9. The van der Waals surface area contributed by atoms with Gasteiger partial charge in [0.15, 0.2) is 0 Å². The number of carboxylic acid groups (broad SMARTS) is 1. The first-order chi connectivity index (χ1) is 21.4. The Labute approximate surface area is 275 Å². The van der Waals surface area contributed by atoms with Crippen LogP contribution >= 0.6 is 0 Å². The Kier molecular flexibility index (Phi) is 11.6.